The molecule has 0 heterocycles. The molecule has 1 unspecified atom stereocenters. The van der Waals surface area contributed by atoms with Gasteiger partial charge in [0.2, 0.25) is 10.0 Å². The normalized spacial score (nSPS) is 12.7. The van der Waals surface area contributed by atoms with Crippen molar-refractivity contribution in [3.63, 3.8) is 0 Å². The summed E-state index contributed by atoms with van der Waals surface area (Å²) in [7, 11) is -2.11. The highest BCUT2D eigenvalue weighted by atomic mass is 32.2. The quantitative estimate of drug-likeness (QED) is 0.825. The molecule has 0 aromatic heterocycles. The molecule has 0 fully saturated rings. The van der Waals surface area contributed by atoms with E-state index in [9.17, 15) is 13.2 Å². The zero-order valence-corrected chi connectivity index (χ0v) is 14.1. The van der Waals surface area contributed by atoms with Crippen LogP contribution in [-0.2, 0) is 10.0 Å². The Bertz CT molecular complexity index is 798. The van der Waals surface area contributed by atoms with E-state index < -0.39 is 16.1 Å². The first kappa shape index (κ1) is 17.2. The molecule has 0 aliphatic carbocycles. The molecule has 0 aliphatic rings. The number of nitrogens with one attached hydrogen (secondary N) is 1. The van der Waals surface area contributed by atoms with Crippen LogP contribution in [0.3, 0.4) is 0 Å². The predicted molar refractivity (Wildman–Crippen MR) is 88.2 cm³/mol. The number of Topliss-reactive ketones (excluding diaryl/α,β-unsaturated/α-hetero) is 1. The third-order valence-corrected chi connectivity index (χ3v) is 5.05. The van der Waals surface area contributed by atoms with Gasteiger partial charge in [0.05, 0.1) is 12.0 Å². The Morgan fingerprint density at radius 1 is 1.13 bits per heavy atom. The monoisotopic (exact) mass is 333 g/mol. The predicted octanol–water partition coefficient (Wildman–Crippen LogP) is 2.94. The average Bonchev–Trinajstić information content (AvgIpc) is 2.54. The highest BCUT2D eigenvalue weighted by Crippen LogP contribution is 2.21. The molecule has 0 saturated heterocycles. The van der Waals surface area contributed by atoms with Crippen molar-refractivity contribution in [2.75, 3.05) is 7.11 Å². The molecular weight excluding hydrogens is 314 g/mol. The molecule has 1 atom stereocenters. The van der Waals surface area contributed by atoms with Crippen molar-refractivity contribution in [3.05, 3.63) is 59.7 Å². The summed E-state index contributed by atoms with van der Waals surface area (Å²) in [6.07, 6.45) is 0. The minimum absolute atomic E-state index is 0.105. The summed E-state index contributed by atoms with van der Waals surface area (Å²) in [6.45, 7) is 3.20. The Kier molecular flexibility index (Phi) is 5.18. The van der Waals surface area contributed by atoms with Crippen molar-refractivity contribution >= 4 is 15.8 Å². The Hall–Kier alpha value is -2.18. The standard InChI is InChI=1S/C17H19NO4S/c1-12(15-5-4-6-16(11-15)22-3)18-23(20,21)17-9-7-14(8-10-17)13(2)19/h4-12,18H,1-3H3. The second-order valence-electron chi connectivity index (χ2n) is 5.20. The van der Waals surface area contributed by atoms with E-state index in [4.69, 9.17) is 4.74 Å². The number of ketones is 1. The van der Waals surface area contributed by atoms with Crippen molar-refractivity contribution in [1.82, 2.24) is 4.72 Å². The smallest absolute Gasteiger partial charge is 0.241 e. The van der Waals surface area contributed by atoms with Crippen LogP contribution in [0, 0.1) is 0 Å². The number of ether oxygens (including phenoxy) is 1. The van der Waals surface area contributed by atoms with Gasteiger partial charge in [-0.2, -0.15) is 0 Å². The SMILES string of the molecule is COc1cccc(C(C)NS(=O)(=O)c2ccc(C(C)=O)cc2)c1. The van der Waals surface area contributed by atoms with Crippen LogP contribution in [0.4, 0.5) is 0 Å². The molecule has 0 spiro atoms. The molecule has 0 aliphatic heterocycles. The largest absolute Gasteiger partial charge is 0.497 e. The van der Waals surface area contributed by atoms with E-state index in [1.807, 2.05) is 6.07 Å². The van der Waals surface area contributed by atoms with E-state index in [-0.39, 0.29) is 10.7 Å². The summed E-state index contributed by atoms with van der Waals surface area (Å²) >= 11 is 0. The van der Waals surface area contributed by atoms with Gasteiger partial charge in [-0.05, 0) is 43.7 Å². The summed E-state index contributed by atoms with van der Waals surface area (Å²) < 4.78 is 32.6. The molecule has 6 heteroatoms. The van der Waals surface area contributed by atoms with Crippen molar-refractivity contribution < 1.29 is 17.9 Å². The summed E-state index contributed by atoms with van der Waals surface area (Å²) in [5.74, 6) is 0.561. The molecule has 2 aromatic carbocycles. The number of methoxy groups -OCH3 is 1. The van der Waals surface area contributed by atoms with Crippen molar-refractivity contribution in [2.45, 2.75) is 24.8 Å². The van der Waals surface area contributed by atoms with Crippen LogP contribution in [0.2, 0.25) is 0 Å². The molecule has 1 N–H and O–H groups in total. The third-order valence-electron chi connectivity index (χ3n) is 3.50. The maximum Gasteiger partial charge on any atom is 0.241 e. The van der Waals surface area contributed by atoms with Crippen LogP contribution in [0.15, 0.2) is 53.4 Å². The van der Waals surface area contributed by atoms with Crippen molar-refractivity contribution in [3.8, 4) is 5.75 Å². The average molecular weight is 333 g/mol. The lowest BCUT2D eigenvalue weighted by Crippen LogP contribution is -2.26. The first-order valence-corrected chi connectivity index (χ1v) is 8.59. The van der Waals surface area contributed by atoms with Gasteiger partial charge in [0, 0.05) is 11.6 Å². The van der Waals surface area contributed by atoms with Crippen molar-refractivity contribution in [2.24, 2.45) is 0 Å². The van der Waals surface area contributed by atoms with Gasteiger partial charge in [-0.3, -0.25) is 4.79 Å². The number of benzene rings is 2. The number of carbonyl (C=O) groups is 1. The molecule has 0 saturated carbocycles. The number of rotatable bonds is 6. The molecule has 2 aromatic rings. The van der Waals surface area contributed by atoms with E-state index >= 15 is 0 Å². The highest BCUT2D eigenvalue weighted by molar-refractivity contribution is 7.89. The Balaban J connectivity index is 2.21. The topological polar surface area (TPSA) is 72.5 Å². The molecule has 0 bridgehead atoms. The van der Waals surface area contributed by atoms with Gasteiger partial charge in [0.25, 0.3) is 0 Å². The maximum absolute atomic E-state index is 12.4. The molecule has 0 radical (unpaired) electrons. The molecule has 2 rings (SSSR count). The van der Waals surface area contributed by atoms with E-state index in [1.54, 1.807) is 32.2 Å². The first-order chi connectivity index (χ1) is 10.8. The molecule has 23 heavy (non-hydrogen) atoms. The van der Waals surface area contributed by atoms with Crippen LogP contribution in [0.25, 0.3) is 0 Å². The van der Waals surface area contributed by atoms with E-state index in [1.165, 1.54) is 31.2 Å². The summed E-state index contributed by atoms with van der Waals surface area (Å²) in [5, 5.41) is 0. The van der Waals surface area contributed by atoms with E-state index in [0.29, 0.717) is 11.3 Å². The van der Waals surface area contributed by atoms with Gasteiger partial charge in [0.15, 0.2) is 5.78 Å². The van der Waals surface area contributed by atoms with Gasteiger partial charge in [-0.1, -0.05) is 24.3 Å². The van der Waals surface area contributed by atoms with Crippen molar-refractivity contribution in [1.29, 1.82) is 0 Å². The van der Waals surface area contributed by atoms with Gasteiger partial charge in [0.1, 0.15) is 5.75 Å². The molecule has 0 amide bonds. The van der Waals surface area contributed by atoms with Crippen LogP contribution in [-0.4, -0.2) is 21.3 Å². The van der Waals surface area contributed by atoms with Gasteiger partial charge >= 0.3 is 0 Å². The van der Waals surface area contributed by atoms with Crippen LogP contribution in [0.1, 0.15) is 35.8 Å². The fourth-order valence-electron chi connectivity index (χ4n) is 2.15. The van der Waals surface area contributed by atoms with Gasteiger partial charge < -0.3 is 4.74 Å². The second-order valence-corrected chi connectivity index (χ2v) is 6.91. The Morgan fingerprint density at radius 2 is 1.78 bits per heavy atom. The number of sulfonamides is 1. The molecular formula is C17H19NO4S. The number of hydrogen-bond donors (Lipinski definition) is 1. The zero-order valence-electron chi connectivity index (χ0n) is 13.2. The second kappa shape index (κ2) is 6.93. The lowest BCUT2D eigenvalue weighted by atomic mass is 10.1. The first-order valence-electron chi connectivity index (χ1n) is 7.11. The number of carbonyl (C=O) groups excluding carboxylic acids is 1. The number of hydrogen-bond acceptors (Lipinski definition) is 4. The fraction of sp³-hybridized carbons (Fsp3) is 0.235. The van der Waals surface area contributed by atoms with Gasteiger partial charge in [-0.15, -0.1) is 0 Å². The fourth-order valence-corrected chi connectivity index (χ4v) is 3.38. The third kappa shape index (κ3) is 4.18. The summed E-state index contributed by atoms with van der Waals surface area (Å²) in [5.41, 5.74) is 1.28. The Morgan fingerprint density at radius 3 is 2.35 bits per heavy atom. The maximum atomic E-state index is 12.4. The minimum Gasteiger partial charge on any atom is -0.497 e. The molecule has 5 nitrogen and oxygen atoms in total. The van der Waals surface area contributed by atoms with E-state index in [2.05, 4.69) is 4.72 Å². The Labute approximate surface area is 136 Å². The summed E-state index contributed by atoms with van der Waals surface area (Å²) in [4.78, 5) is 11.4. The van der Waals surface area contributed by atoms with Gasteiger partial charge in [-0.25, -0.2) is 13.1 Å². The van der Waals surface area contributed by atoms with E-state index in [0.717, 1.165) is 5.56 Å². The summed E-state index contributed by atoms with van der Waals surface area (Å²) in [6, 6.07) is 12.7. The molecule has 122 valence electrons. The lowest BCUT2D eigenvalue weighted by Gasteiger charge is -2.15. The highest BCUT2D eigenvalue weighted by Gasteiger charge is 2.18. The van der Waals surface area contributed by atoms with Crippen LogP contribution in [0.5, 0.6) is 5.75 Å². The lowest BCUT2D eigenvalue weighted by molar-refractivity contribution is 0.101. The van der Waals surface area contributed by atoms with Crippen LogP contribution < -0.4 is 9.46 Å². The van der Waals surface area contributed by atoms with Crippen LogP contribution >= 0.6 is 0 Å². The zero-order chi connectivity index (χ0) is 17.0. The minimum atomic E-state index is -3.67.